The van der Waals surface area contributed by atoms with Gasteiger partial charge >= 0.3 is 0 Å². The molecule has 1 atom stereocenters. The van der Waals surface area contributed by atoms with E-state index in [9.17, 15) is 0 Å². The molecular formula is C13H22N2O. The third-order valence-electron chi connectivity index (χ3n) is 3.42. The van der Waals surface area contributed by atoms with Crippen LogP contribution in [0.3, 0.4) is 0 Å². The van der Waals surface area contributed by atoms with E-state index in [1.54, 1.807) is 0 Å². The number of aromatic nitrogens is 2. The van der Waals surface area contributed by atoms with E-state index in [2.05, 4.69) is 32.8 Å². The lowest BCUT2D eigenvalue weighted by Gasteiger charge is -2.43. The molecule has 0 spiro atoms. The second-order valence-electron chi connectivity index (χ2n) is 5.80. The van der Waals surface area contributed by atoms with Gasteiger partial charge in [-0.05, 0) is 53.0 Å². The van der Waals surface area contributed by atoms with Crippen LogP contribution in [0.15, 0.2) is 12.3 Å². The average molecular weight is 222 g/mol. The SMILES string of the molecule is Cc1ccnn1CC1(C)CCCC(C)(C)O1. The second kappa shape index (κ2) is 3.88. The number of ether oxygens (including phenoxy) is 1. The fraction of sp³-hybridized carbons (Fsp3) is 0.769. The third-order valence-corrected chi connectivity index (χ3v) is 3.42. The van der Waals surface area contributed by atoms with Crippen molar-refractivity contribution in [2.75, 3.05) is 0 Å². The zero-order valence-corrected chi connectivity index (χ0v) is 10.8. The van der Waals surface area contributed by atoms with Crippen molar-refractivity contribution in [1.82, 2.24) is 9.78 Å². The third kappa shape index (κ3) is 2.46. The maximum Gasteiger partial charge on any atom is 0.0856 e. The van der Waals surface area contributed by atoms with Crippen LogP contribution < -0.4 is 0 Å². The Balaban J connectivity index is 2.11. The summed E-state index contributed by atoms with van der Waals surface area (Å²) in [5.74, 6) is 0. The summed E-state index contributed by atoms with van der Waals surface area (Å²) in [7, 11) is 0. The summed E-state index contributed by atoms with van der Waals surface area (Å²) in [6.07, 6.45) is 5.37. The van der Waals surface area contributed by atoms with Crippen molar-refractivity contribution in [2.24, 2.45) is 0 Å². The molecule has 0 saturated carbocycles. The molecular weight excluding hydrogens is 200 g/mol. The Bertz CT molecular complexity index is 370. The first-order valence-corrected chi connectivity index (χ1v) is 6.09. The summed E-state index contributed by atoms with van der Waals surface area (Å²) >= 11 is 0. The number of rotatable bonds is 2. The number of hydrogen-bond acceptors (Lipinski definition) is 2. The van der Waals surface area contributed by atoms with Crippen LogP contribution in [0.25, 0.3) is 0 Å². The van der Waals surface area contributed by atoms with Gasteiger partial charge < -0.3 is 4.74 Å². The van der Waals surface area contributed by atoms with Crippen LogP contribution >= 0.6 is 0 Å². The van der Waals surface area contributed by atoms with E-state index in [-0.39, 0.29) is 11.2 Å². The Morgan fingerprint density at radius 1 is 1.38 bits per heavy atom. The zero-order chi connectivity index (χ0) is 11.8. The Labute approximate surface area is 97.8 Å². The van der Waals surface area contributed by atoms with Crippen molar-refractivity contribution in [3.05, 3.63) is 18.0 Å². The average Bonchev–Trinajstić information content (AvgIpc) is 2.48. The van der Waals surface area contributed by atoms with Crippen LogP contribution in [0, 0.1) is 6.92 Å². The zero-order valence-electron chi connectivity index (χ0n) is 10.8. The van der Waals surface area contributed by atoms with Crippen molar-refractivity contribution in [3.8, 4) is 0 Å². The highest BCUT2D eigenvalue weighted by Gasteiger charge is 2.37. The van der Waals surface area contributed by atoms with Gasteiger partial charge in [0.1, 0.15) is 0 Å². The molecule has 0 aliphatic carbocycles. The van der Waals surface area contributed by atoms with Gasteiger partial charge in [0.05, 0.1) is 17.7 Å². The van der Waals surface area contributed by atoms with Crippen LogP contribution in [-0.2, 0) is 11.3 Å². The predicted molar refractivity (Wildman–Crippen MR) is 64.4 cm³/mol. The van der Waals surface area contributed by atoms with E-state index in [0.29, 0.717) is 0 Å². The highest BCUT2D eigenvalue weighted by molar-refractivity contribution is 4.98. The molecule has 16 heavy (non-hydrogen) atoms. The van der Waals surface area contributed by atoms with Gasteiger partial charge in [-0.3, -0.25) is 4.68 Å². The van der Waals surface area contributed by atoms with Gasteiger partial charge in [0.15, 0.2) is 0 Å². The molecule has 1 aliphatic rings. The molecule has 2 heterocycles. The Hall–Kier alpha value is -0.830. The Morgan fingerprint density at radius 3 is 2.69 bits per heavy atom. The maximum absolute atomic E-state index is 6.23. The molecule has 2 rings (SSSR count). The van der Waals surface area contributed by atoms with Crippen LogP contribution in [0.1, 0.15) is 45.7 Å². The summed E-state index contributed by atoms with van der Waals surface area (Å²) in [6, 6.07) is 2.04. The van der Waals surface area contributed by atoms with Gasteiger partial charge in [0.25, 0.3) is 0 Å². The van der Waals surface area contributed by atoms with Gasteiger partial charge in [-0.2, -0.15) is 5.10 Å². The molecule has 90 valence electrons. The molecule has 1 aliphatic heterocycles. The second-order valence-corrected chi connectivity index (χ2v) is 5.80. The van der Waals surface area contributed by atoms with E-state index in [4.69, 9.17) is 4.74 Å². The van der Waals surface area contributed by atoms with Gasteiger partial charge in [-0.1, -0.05) is 0 Å². The molecule has 0 aromatic carbocycles. The van der Waals surface area contributed by atoms with Crippen molar-refractivity contribution >= 4 is 0 Å². The summed E-state index contributed by atoms with van der Waals surface area (Å²) in [5.41, 5.74) is 1.14. The lowest BCUT2D eigenvalue weighted by atomic mass is 9.88. The van der Waals surface area contributed by atoms with Crippen molar-refractivity contribution in [3.63, 3.8) is 0 Å². The number of hydrogen-bond donors (Lipinski definition) is 0. The molecule has 3 nitrogen and oxygen atoms in total. The number of nitrogens with zero attached hydrogens (tertiary/aromatic N) is 2. The molecule has 0 radical (unpaired) electrons. The molecule has 0 amide bonds. The molecule has 0 bridgehead atoms. The Kier molecular flexibility index (Phi) is 2.82. The van der Waals surface area contributed by atoms with Crippen molar-refractivity contribution in [2.45, 2.75) is 64.7 Å². The lowest BCUT2D eigenvalue weighted by molar-refractivity contribution is -0.172. The minimum Gasteiger partial charge on any atom is -0.367 e. The molecule has 0 N–H and O–H groups in total. The van der Waals surface area contributed by atoms with E-state index < -0.39 is 0 Å². The first-order chi connectivity index (χ1) is 7.40. The van der Waals surface area contributed by atoms with E-state index >= 15 is 0 Å². The largest absolute Gasteiger partial charge is 0.367 e. The first kappa shape index (κ1) is 11.6. The standard InChI is InChI=1S/C13H22N2O/c1-11-6-9-14-15(11)10-13(4)8-5-7-12(2,3)16-13/h6,9H,5,7-8,10H2,1-4H3. The smallest absolute Gasteiger partial charge is 0.0856 e. The summed E-state index contributed by atoms with van der Waals surface area (Å²) in [6.45, 7) is 9.51. The minimum absolute atomic E-state index is 0.00799. The quantitative estimate of drug-likeness (QED) is 0.769. The minimum atomic E-state index is -0.0709. The van der Waals surface area contributed by atoms with Gasteiger partial charge in [0, 0.05) is 11.9 Å². The molecule has 1 unspecified atom stereocenters. The van der Waals surface area contributed by atoms with Crippen molar-refractivity contribution < 1.29 is 4.74 Å². The molecule has 1 aromatic rings. The van der Waals surface area contributed by atoms with Gasteiger partial charge in [-0.25, -0.2) is 0 Å². The highest BCUT2D eigenvalue weighted by atomic mass is 16.5. The summed E-state index contributed by atoms with van der Waals surface area (Å²) in [5, 5.41) is 4.34. The normalized spacial score (nSPS) is 29.2. The van der Waals surface area contributed by atoms with Crippen LogP contribution in [0.4, 0.5) is 0 Å². The summed E-state index contributed by atoms with van der Waals surface area (Å²) in [4.78, 5) is 0. The molecule has 1 fully saturated rings. The van der Waals surface area contributed by atoms with Crippen LogP contribution in [-0.4, -0.2) is 21.0 Å². The fourth-order valence-electron chi connectivity index (χ4n) is 2.65. The maximum atomic E-state index is 6.23. The van der Waals surface area contributed by atoms with Gasteiger partial charge in [0.2, 0.25) is 0 Å². The predicted octanol–water partition coefficient (Wildman–Crippen LogP) is 2.93. The topological polar surface area (TPSA) is 27.1 Å². The number of aryl methyl sites for hydroxylation is 1. The van der Waals surface area contributed by atoms with Crippen LogP contribution in [0.2, 0.25) is 0 Å². The van der Waals surface area contributed by atoms with E-state index in [1.807, 2.05) is 16.9 Å². The molecule has 3 heteroatoms. The van der Waals surface area contributed by atoms with Crippen LogP contribution in [0.5, 0.6) is 0 Å². The Morgan fingerprint density at radius 2 is 2.12 bits per heavy atom. The highest BCUT2D eigenvalue weighted by Crippen LogP contribution is 2.35. The lowest BCUT2D eigenvalue weighted by Crippen LogP contribution is -2.46. The molecule has 1 saturated heterocycles. The molecule has 1 aromatic heterocycles. The first-order valence-electron chi connectivity index (χ1n) is 6.09. The van der Waals surface area contributed by atoms with E-state index in [0.717, 1.165) is 19.4 Å². The van der Waals surface area contributed by atoms with E-state index in [1.165, 1.54) is 12.1 Å². The van der Waals surface area contributed by atoms with Gasteiger partial charge in [-0.15, -0.1) is 0 Å². The summed E-state index contributed by atoms with van der Waals surface area (Å²) < 4.78 is 8.27. The van der Waals surface area contributed by atoms with Crippen molar-refractivity contribution in [1.29, 1.82) is 0 Å². The fourth-order valence-corrected chi connectivity index (χ4v) is 2.65. The monoisotopic (exact) mass is 222 g/mol.